The fourth-order valence-corrected chi connectivity index (χ4v) is 4.42. The van der Waals surface area contributed by atoms with Crippen molar-refractivity contribution >= 4 is 28.3 Å². The maximum Gasteiger partial charge on any atom is 0.254 e. The van der Waals surface area contributed by atoms with Crippen molar-refractivity contribution in [2.45, 2.75) is 32.9 Å². The highest BCUT2D eigenvalue weighted by molar-refractivity contribution is 5.98. The minimum atomic E-state index is -0.376. The van der Waals surface area contributed by atoms with Gasteiger partial charge >= 0.3 is 0 Å². The summed E-state index contributed by atoms with van der Waals surface area (Å²) in [7, 11) is 1.94. The van der Waals surface area contributed by atoms with E-state index >= 15 is 0 Å². The molecule has 10 nitrogen and oxygen atoms in total. The van der Waals surface area contributed by atoms with Crippen LogP contribution in [-0.4, -0.2) is 47.1 Å². The van der Waals surface area contributed by atoms with Crippen molar-refractivity contribution in [3.05, 3.63) is 102 Å². The van der Waals surface area contributed by atoms with Gasteiger partial charge in [-0.15, -0.1) is 0 Å². The van der Waals surface area contributed by atoms with Gasteiger partial charge in [-0.05, 0) is 67.9 Å². The summed E-state index contributed by atoms with van der Waals surface area (Å²) in [5, 5.41) is 8.45. The Bertz CT molecular complexity index is 1580. The molecule has 0 aliphatic heterocycles. The Hall–Kier alpha value is -4.86. The Morgan fingerprint density at radius 1 is 1.08 bits per heavy atom. The third-order valence-electron chi connectivity index (χ3n) is 6.77. The summed E-state index contributed by atoms with van der Waals surface area (Å²) >= 11 is 0. The van der Waals surface area contributed by atoms with Crippen LogP contribution >= 0.6 is 0 Å². The van der Waals surface area contributed by atoms with Gasteiger partial charge in [-0.25, -0.2) is 15.0 Å². The van der Waals surface area contributed by atoms with Gasteiger partial charge in [-0.2, -0.15) is 5.10 Å². The van der Waals surface area contributed by atoms with Crippen LogP contribution < -0.4 is 11.1 Å². The molecule has 0 aliphatic rings. The fourth-order valence-electron chi connectivity index (χ4n) is 4.42. The molecule has 1 amide bonds. The molecule has 0 fully saturated rings. The van der Waals surface area contributed by atoms with E-state index in [0.717, 1.165) is 46.5 Å². The molecule has 0 spiro atoms. The van der Waals surface area contributed by atoms with E-state index in [1.807, 2.05) is 62.0 Å². The summed E-state index contributed by atoms with van der Waals surface area (Å²) in [5.74, 6) is 0.899. The molecule has 4 aromatic heterocycles. The Morgan fingerprint density at radius 2 is 1.90 bits per heavy atom. The zero-order valence-electron chi connectivity index (χ0n) is 22.2. The molecule has 1 aromatic carbocycles. The van der Waals surface area contributed by atoms with Gasteiger partial charge in [0.1, 0.15) is 11.6 Å². The molecule has 0 saturated carbocycles. The van der Waals surface area contributed by atoms with E-state index in [1.165, 1.54) is 0 Å². The molecule has 5 aromatic rings. The third kappa shape index (κ3) is 5.85. The normalized spacial score (nSPS) is 11.9. The van der Waals surface area contributed by atoms with E-state index < -0.39 is 0 Å². The monoisotopic (exact) mass is 521 g/mol. The Kier molecular flexibility index (Phi) is 7.44. The van der Waals surface area contributed by atoms with Crippen molar-refractivity contribution in [1.29, 1.82) is 0 Å². The first-order valence-electron chi connectivity index (χ1n) is 12.8. The summed E-state index contributed by atoms with van der Waals surface area (Å²) < 4.78 is 1.87. The van der Waals surface area contributed by atoms with Crippen molar-refractivity contribution in [3.8, 4) is 0 Å². The highest BCUT2D eigenvalue weighted by Gasteiger charge is 2.25. The van der Waals surface area contributed by atoms with Crippen molar-refractivity contribution < 1.29 is 4.79 Å². The lowest BCUT2D eigenvalue weighted by molar-refractivity contribution is 0.0663. The molecule has 1 atom stereocenters. The number of rotatable bonds is 9. The van der Waals surface area contributed by atoms with Gasteiger partial charge in [-0.3, -0.25) is 14.5 Å². The minimum absolute atomic E-state index is 0.147. The predicted octanol–water partition coefficient (Wildman–Crippen LogP) is 4.10. The molecule has 3 N–H and O–H groups in total. The topological polar surface area (TPSA) is 128 Å². The molecule has 0 saturated heterocycles. The van der Waals surface area contributed by atoms with Gasteiger partial charge in [0.2, 0.25) is 0 Å². The molecule has 1 unspecified atom stereocenters. The number of amides is 1. The number of aromatic nitrogens is 6. The maximum atomic E-state index is 13.9. The van der Waals surface area contributed by atoms with E-state index in [0.29, 0.717) is 23.8 Å². The number of benzene rings is 1. The van der Waals surface area contributed by atoms with Crippen LogP contribution in [0.2, 0.25) is 0 Å². The first kappa shape index (κ1) is 25.8. The zero-order chi connectivity index (χ0) is 27.4. The molecule has 4 heterocycles. The number of nitrogens with zero attached hydrogens (tertiary/aromatic N) is 7. The Morgan fingerprint density at radius 3 is 2.62 bits per heavy atom. The number of carbonyl (C=O) groups excluding carboxylic acids is 1. The number of hydrogen-bond donors (Lipinski definition) is 2. The van der Waals surface area contributed by atoms with Gasteiger partial charge in [0.25, 0.3) is 5.91 Å². The highest BCUT2D eigenvalue weighted by atomic mass is 16.2. The average Bonchev–Trinajstić information content (AvgIpc) is 3.37. The van der Waals surface area contributed by atoms with E-state index in [4.69, 9.17) is 5.73 Å². The zero-order valence-corrected chi connectivity index (χ0v) is 22.2. The predicted molar refractivity (Wildman–Crippen MR) is 151 cm³/mol. The van der Waals surface area contributed by atoms with E-state index in [2.05, 4.69) is 30.4 Å². The number of anilines is 2. The van der Waals surface area contributed by atoms with Gasteiger partial charge in [0.15, 0.2) is 0 Å². The standard InChI is InChI=1S/C29H31N9O/c1-19-15-22-16-21(5-8-26(22)36-27(19)30)29(39)38(20(2)28-32-11-4-12-33-28)18-24-7-6-23(17-34-24)31-13-9-25-10-14-35-37(25)3/h4-8,10-12,14-17,20,31H,9,13,18H2,1-3H3,(H2,30,36). The van der Waals surface area contributed by atoms with E-state index in [1.54, 1.807) is 41.8 Å². The lowest BCUT2D eigenvalue weighted by atomic mass is 10.1. The number of nitrogens with one attached hydrogen (secondary N) is 1. The second-order valence-corrected chi connectivity index (χ2v) is 9.48. The second kappa shape index (κ2) is 11.3. The summed E-state index contributed by atoms with van der Waals surface area (Å²) in [4.78, 5) is 33.5. The molecule has 0 radical (unpaired) electrons. The average molecular weight is 522 g/mol. The molecular formula is C29H31N9O. The van der Waals surface area contributed by atoms with Gasteiger partial charge in [0, 0.05) is 55.2 Å². The summed E-state index contributed by atoms with van der Waals surface area (Å²) in [5.41, 5.74) is 11.0. The van der Waals surface area contributed by atoms with Crippen molar-refractivity contribution in [2.75, 3.05) is 17.6 Å². The third-order valence-corrected chi connectivity index (χ3v) is 6.77. The summed E-state index contributed by atoms with van der Waals surface area (Å²) in [6, 6.07) is 14.7. The van der Waals surface area contributed by atoms with Crippen LogP contribution in [0.4, 0.5) is 11.5 Å². The van der Waals surface area contributed by atoms with Crippen LogP contribution in [0.1, 0.15) is 46.1 Å². The molecular weight excluding hydrogens is 490 g/mol. The first-order valence-corrected chi connectivity index (χ1v) is 12.8. The summed E-state index contributed by atoms with van der Waals surface area (Å²) in [6.45, 7) is 4.88. The van der Waals surface area contributed by atoms with Crippen molar-refractivity contribution in [3.63, 3.8) is 0 Å². The SMILES string of the molecule is Cc1cc2cc(C(=O)N(Cc3ccc(NCCc4ccnn4C)cn3)C(C)c3ncccn3)ccc2nc1N. The van der Waals surface area contributed by atoms with Crippen LogP contribution in [0.3, 0.4) is 0 Å². The number of aryl methyl sites for hydroxylation is 2. The smallest absolute Gasteiger partial charge is 0.254 e. The van der Waals surface area contributed by atoms with Crippen LogP contribution in [0.5, 0.6) is 0 Å². The van der Waals surface area contributed by atoms with Crippen molar-refractivity contribution in [2.24, 2.45) is 7.05 Å². The molecule has 198 valence electrons. The second-order valence-electron chi connectivity index (χ2n) is 9.48. The Labute approximate surface area is 227 Å². The number of nitrogens with two attached hydrogens (primary N) is 1. The fraction of sp³-hybridized carbons (Fsp3) is 0.241. The maximum absolute atomic E-state index is 13.9. The molecule has 0 aliphatic carbocycles. The largest absolute Gasteiger partial charge is 0.383 e. The van der Waals surface area contributed by atoms with E-state index in [9.17, 15) is 4.79 Å². The summed E-state index contributed by atoms with van der Waals surface area (Å²) in [6.07, 6.45) is 7.80. The molecule has 5 rings (SSSR count). The van der Waals surface area contributed by atoms with Crippen LogP contribution in [0, 0.1) is 6.92 Å². The Balaban J connectivity index is 1.36. The van der Waals surface area contributed by atoms with Crippen molar-refractivity contribution in [1.82, 2.24) is 34.6 Å². The van der Waals surface area contributed by atoms with Crippen LogP contribution in [0.15, 0.2) is 73.3 Å². The molecule has 39 heavy (non-hydrogen) atoms. The van der Waals surface area contributed by atoms with Gasteiger partial charge in [-0.1, -0.05) is 0 Å². The first-order chi connectivity index (χ1) is 18.9. The van der Waals surface area contributed by atoms with Gasteiger partial charge in [0.05, 0.1) is 35.7 Å². The highest BCUT2D eigenvalue weighted by Crippen LogP contribution is 2.25. The lowest BCUT2D eigenvalue weighted by Gasteiger charge is -2.28. The van der Waals surface area contributed by atoms with Crippen LogP contribution in [-0.2, 0) is 20.0 Å². The number of nitrogen functional groups attached to an aromatic ring is 1. The van der Waals surface area contributed by atoms with Crippen LogP contribution in [0.25, 0.3) is 10.9 Å². The molecule has 0 bridgehead atoms. The number of pyridine rings is 2. The van der Waals surface area contributed by atoms with E-state index in [-0.39, 0.29) is 11.9 Å². The minimum Gasteiger partial charge on any atom is -0.383 e. The number of hydrogen-bond acceptors (Lipinski definition) is 8. The quantitative estimate of drug-likeness (QED) is 0.297. The van der Waals surface area contributed by atoms with Gasteiger partial charge < -0.3 is 16.0 Å². The number of carbonyl (C=O) groups is 1. The molecule has 10 heteroatoms. The number of fused-ring (bicyclic) bond motifs is 1. The lowest BCUT2D eigenvalue weighted by Crippen LogP contribution is -2.34.